The smallest absolute Gasteiger partial charge is 0.0720 e. The number of benzene rings is 1. The maximum atomic E-state index is 5.78. The summed E-state index contributed by atoms with van der Waals surface area (Å²) in [6.07, 6.45) is 2.51. The lowest BCUT2D eigenvalue weighted by molar-refractivity contribution is 0.0791. The summed E-state index contributed by atoms with van der Waals surface area (Å²) < 4.78 is 5.78. The maximum Gasteiger partial charge on any atom is 0.0720 e. The van der Waals surface area contributed by atoms with Crippen molar-refractivity contribution >= 4 is 0 Å². The topological polar surface area (TPSA) is 21.3 Å². The van der Waals surface area contributed by atoms with Crippen LogP contribution in [0.5, 0.6) is 0 Å². The molecule has 2 unspecified atom stereocenters. The van der Waals surface area contributed by atoms with E-state index in [1.807, 2.05) is 0 Å². The molecule has 92 valence electrons. The van der Waals surface area contributed by atoms with Crippen molar-refractivity contribution in [3.63, 3.8) is 0 Å². The number of nitrogens with one attached hydrogen (secondary N) is 1. The first-order chi connectivity index (χ1) is 8.37. The minimum atomic E-state index is 0.343. The summed E-state index contributed by atoms with van der Waals surface area (Å²) in [5.41, 5.74) is 3.29. The highest BCUT2D eigenvalue weighted by Crippen LogP contribution is 2.56. The molecule has 2 aliphatic rings. The third kappa shape index (κ3) is 1.90. The molecule has 2 nitrogen and oxygen atoms in total. The van der Waals surface area contributed by atoms with E-state index in [2.05, 4.69) is 36.5 Å². The highest BCUT2D eigenvalue weighted by Gasteiger charge is 2.56. The highest BCUT2D eigenvalue weighted by atomic mass is 16.5. The van der Waals surface area contributed by atoms with Gasteiger partial charge in [-0.15, -0.1) is 0 Å². The van der Waals surface area contributed by atoms with Gasteiger partial charge < -0.3 is 10.1 Å². The van der Waals surface area contributed by atoms with Crippen LogP contribution in [0.15, 0.2) is 24.3 Å². The average Bonchev–Trinajstić information content (AvgIpc) is 3.04. The summed E-state index contributed by atoms with van der Waals surface area (Å²) in [5.74, 6) is 0.774. The zero-order chi connectivity index (χ0) is 11.7. The van der Waals surface area contributed by atoms with Gasteiger partial charge in [-0.1, -0.05) is 31.2 Å². The van der Waals surface area contributed by atoms with Crippen LogP contribution in [0.3, 0.4) is 0 Å². The first-order valence-electron chi connectivity index (χ1n) is 6.73. The van der Waals surface area contributed by atoms with E-state index in [-0.39, 0.29) is 0 Å². The highest BCUT2D eigenvalue weighted by molar-refractivity contribution is 5.41. The Bertz CT molecular complexity index is 404. The Kier molecular flexibility index (Phi) is 2.93. The zero-order valence-corrected chi connectivity index (χ0v) is 10.5. The van der Waals surface area contributed by atoms with Crippen molar-refractivity contribution < 1.29 is 4.74 Å². The Morgan fingerprint density at radius 2 is 2.29 bits per heavy atom. The van der Waals surface area contributed by atoms with E-state index in [1.54, 1.807) is 5.56 Å². The van der Waals surface area contributed by atoms with E-state index in [9.17, 15) is 0 Å². The molecule has 1 fully saturated rings. The molecule has 1 aliphatic heterocycles. The minimum absolute atomic E-state index is 0.343. The van der Waals surface area contributed by atoms with Crippen LogP contribution >= 0.6 is 0 Å². The van der Waals surface area contributed by atoms with Crippen LogP contribution in [0.2, 0.25) is 0 Å². The first-order valence-corrected chi connectivity index (χ1v) is 6.73. The standard InChI is InChI=1S/C15H21NO/c1-2-7-16-9-13-8-15(13)11-17-10-12-5-3-4-6-14(12)15/h3-6,13,16H,2,7-11H2,1H3. The summed E-state index contributed by atoms with van der Waals surface area (Å²) in [7, 11) is 0. The second kappa shape index (κ2) is 4.43. The van der Waals surface area contributed by atoms with Crippen LogP contribution < -0.4 is 5.32 Å². The minimum Gasteiger partial charge on any atom is -0.376 e. The molecule has 3 rings (SSSR count). The third-order valence-corrected chi connectivity index (χ3v) is 4.22. The van der Waals surface area contributed by atoms with Crippen molar-refractivity contribution in [2.75, 3.05) is 19.7 Å². The number of fused-ring (bicyclic) bond motifs is 2. The number of hydrogen-bond donors (Lipinski definition) is 1. The predicted octanol–water partition coefficient (Wildman–Crippen LogP) is 2.47. The van der Waals surface area contributed by atoms with Gasteiger partial charge in [-0.3, -0.25) is 0 Å². The van der Waals surface area contributed by atoms with Crippen LogP contribution in [0, 0.1) is 5.92 Å². The van der Waals surface area contributed by atoms with Crippen LogP contribution in [0.25, 0.3) is 0 Å². The van der Waals surface area contributed by atoms with Crippen LogP contribution in [-0.4, -0.2) is 19.7 Å². The molecule has 0 aromatic heterocycles. The lowest BCUT2D eigenvalue weighted by atomic mass is 9.88. The molecular formula is C15H21NO. The van der Waals surface area contributed by atoms with E-state index in [1.165, 1.54) is 18.4 Å². The van der Waals surface area contributed by atoms with E-state index < -0.39 is 0 Å². The normalized spacial score (nSPS) is 30.3. The molecule has 1 spiro atoms. The van der Waals surface area contributed by atoms with Crippen molar-refractivity contribution in [2.24, 2.45) is 5.92 Å². The summed E-state index contributed by atoms with van der Waals surface area (Å²) in [6.45, 7) is 6.21. The van der Waals surface area contributed by atoms with Gasteiger partial charge in [0.25, 0.3) is 0 Å². The van der Waals surface area contributed by atoms with Crippen molar-refractivity contribution in [3.05, 3.63) is 35.4 Å². The summed E-state index contributed by atoms with van der Waals surface area (Å²) >= 11 is 0. The van der Waals surface area contributed by atoms with Crippen molar-refractivity contribution in [2.45, 2.75) is 31.8 Å². The number of rotatable bonds is 4. The Morgan fingerprint density at radius 3 is 3.18 bits per heavy atom. The Labute approximate surface area is 103 Å². The van der Waals surface area contributed by atoms with Crippen LogP contribution in [-0.2, 0) is 16.8 Å². The largest absolute Gasteiger partial charge is 0.376 e. The molecule has 1 aliphatic carbocycles. The molecule has 1 aromatic rings. The second-order valence-electron chi connectivity index (χ2n) is 5.41. The van der Waals surface area contributed by atoms with E-state index in [0.29, 0.717) is 5.41 Å². The predicted molar refractivity (Wildman–Crippen MR) is 69.0 cm³/mol. The van der Waals surface area contributed by atoms with Gasteiger partial charge in [-0.05, 0) is 43.0 Å². The molecule has 0 bridgehead atoms. The molecule has 0 radical (unpaired) electrons. The molecule has 1 heterocycles. The van der Waals surface area contributed by atoms with Crippen LogP contribution in [0.1, 0.15) is 30.9 Å². The summed E-state index contributed by atoms with van der Waals surface area (Å²) in [4.78, 5) is 0. The van der Waals surface area contributed by atoms with E-state index >= 15 is 0 Å². The molecule has 1 N–H and O–H groups in total. The summed E-state index contributed by atoms with van der Waals surface area (Å²) in [5, 5.41) is 3.54. The lowest BCUT2D eigenvalue weighted by Gasteiger charge is -2.27. The fourth-order valence-electron chi connectivity index (χ4n) is 3.16. The van der Waals surface area contributed by atoms with Gasteiger partial charge in [-0.2, -0.15) is 0 Å². The van der Waals surface area contributed by atoms with Gasteiger partial charge in [0.1, 0.15) is 0 Å². The van der Waals surface area contributed by atoms with Gasteiger partial charge in [-0.25, -0.2) is 0 Å². The van der Waals surface area contributed by atoms with Crippen molar-refractivity contribution in [1.29, 1.82) is 0 Å². The van der Waals surface area contributed by atoms with Crippen molar-refractivity contribution in [1.82, 2.24) is 5.32 Å². The molecule has 0 amide bonds. The molecule has 1 aromatic carbocycles. The van der Waals surface area contributed by atoms with E-state index in [4.69, 9.17) is 4.74 Å². The lowest BCUT2D eigenvalue weighted by Crippen LogP contribution is -2.29. The fourth-order valence-corrected chi connectivity index (χ4v) is 3.16. The van der Waals surface area contributed by atoms with Gasteiger partial charge in [0.15, 0.2) is 0 Å². The molecule has 1 saturated carbocycles. The van der Waals surface area contributed by atoms with Crippen molar-refractivity contribution in [3.8, 4) is 0 Å². The molecule has 0 saturated heterocycles. The third-order valence-electron chi connectivity index (χ3n) is 4.22. The van der Waals surface area contributed by atoms with Gasteiger partial charge in [0.2, 0.25) is 0 Å². The summed E-state index contributed by atoms with van der Waals surface area (Å²) in [6, 6.07) is 8.80. The maximum absolute atomic E-state index is 5.78. The van der Waals surface area contributed by atoms with Gasteiger partial charge in [0, 0.05) is 5.41 Å². The van der Waals surface area contributed by atoms with E-state index in [0.717, 1.165) is 32.2 Å². The number of ether oxygens (including phenoxy) is 1. The fraction of sp³-hybridized carbons (Fsp3) is 0.600. The Morgan fingerprint density at radius 1 is 1.41 bits per heavy atom. The van der Waals surface area contributed by atoms with Gasteiger partial charge >= 0.3 is 0 Å². The SMILES string of the molecule is CCCNCC1CC12COCc1ccccc12. The number of hydrogen-bond acceptors (Lipinski definition) is 2. The molecule has 2 heteroatoms. The quantitative estimate of drug-likeness (QED) is 0.804. The Hall–Kier alpha value is -0.860. The zero-order valence-electron chi connectivity index (χ0n) is 10.5. The molecule has 2 atom stereocenters. The molecular weight excluding hydrogens is 210 g/mol. The van der Waals surface area contributed by atoms with Crippen LogP contribution in [0.4, 0.5) is 0 Å². The monoisotopic (exact) mass is 231 g/mol. The second-order valence-corrected chi connectivity index (χ2v) is 5.41. The first kappa shape index (κ1) is 11.2. The van der Waals surface area contributed by atoms with Gasteiger partial charge in [0.05, 0.1) is 13.2 Å². The average molecular weight is 231 g/mol. The molecule has 17 heavy (non-hydrogen) atoms. The Balaban J connectivity index is 1.74.